The van der Waals surface area contributed by atoms with E-state index < -0.39 is 5.97 Å². The normalized spacial score (nSPS) is 32.9. The van der Waals surface area contributed by atoms with Crippen LogP contribution in [-0.2, 0) is 11.3 Å². The number of hydrogen-bond donors (Lipinski definition) is 2. The maximum atomic E-state index is 11.4. The van der Waals surface area contributed by atoms with Gasteiger partial charge < -0.3 is 10.4 Å². The molecular weight excluding hydrogens is 326 g/mol. The van der Waals surface area contributed by atoms with Crippen LogP contribution in [0.25, 0.3) is 0 Å². The molecule has 3 nitrogen and oxygen atoms in total. The zero-order chi connectivity index (χ0) is 13.6. The van der Waals surface area contributed by atoms with Crippen molar-refractivity contribution in [3.8, 4) is 0 Å². The summed E-state index contributed by atoms with van der Waals surface area (Å²) in [5, 5.41) is 12.9. The molecule has 1 aromatic rings. The third-order valence-electron chi connectivity index (χ3n) is 4.62. The summed E-state index contributed by atoms with van der Waals surface area (Å²) in [6.45, 7) is 2.88. The lowest BCUT2D eigenvalue weighted by atomic mass is 9.84. The van der Waals surface area contributed by atoms with E-state index in [4.69, 9.17) is 0 Å². The highest BCUT2D eigenvalue weighted by Gasteiger charge is 2.50. The molecule has 4 atom stereocenters. The van der Waals surface area contributed by atoms with Crippen molar-refractivity contribution in [2.45, 2.75) is 38.8 Å². The molecule has 0 spiro atoms. The second-order valence-corrected chi connectivity index (χ2v) is 7.92. The van der Waals surface area contributed by atoms with Gasteiger partial charge in [0, 0.05) is 26.8 Å². The molecule has 0 radical (unpaired) electrons. The van der Waals surface area contributed by atoms with Crippen LogP contribution in [0, 0.1) is 24.7 Å². The van der Waals surface area contributed by atoms with Crippen LogP contribution in [0.3, 0.4) is 0 Å². The number of thiophene rings is 1. The number of nitrogens with one attached hydrogen (secondary N) is 1. The number of halogens is 1. The summed E-state index contributed by atoms with van der Waals surface area (Å²) in [5.41, 5.74) is 0. The van der Waals surface area contributed by atoms with Crippen LogP contribution in [0.4, 0.5) is 0 Å². The molecule has 2 N–H and O–H groups in total. The number of carboxylic acid groups (broad SMARTS) is 1. The molecule has 1 heterocycles. The molecule has 4 unspecified atom stereocenters. The van der Waals surface area contributed by atoms with Crippen molar-refractivity contribution >= 4 is 33.2 Å². The van der Waals surface area contributed by atoms with Gasteiger partial charge in [-0.05, 0) is 60.0 Å². The van der Waals surface area contributed by atoms with Crippen molar-refractivity contribution in [1.82, 2.24) is 5.32 Å². The van der Waals surface area contributed by atoms with Gasteiger partial charge in [0.25, 0.3) is 0 Å². The predicted octanol–water partition coefficient (Wildman–Crippen LogP) is 3.41. The lowest BCUT2D eigenvalue weighted by Crippen LogP contribution is -2.43. The highest BCUT2D eigenvalue weighted by molar-refractivity contribution is 9.10. The van der Waals surface area contributed by atoms with Crippen LogP contribution in [0.1, 0.15) is 29.0 Å². The maximum absolute atomic E-state index is 11.4. The van der Waals surface area contributed by atoms with Crippen LogP contribution in [0.2, 0.25) is 0 Å². The number of fused-ring (bicyclic) bond motifs is 2. The number of rotatable bonds is 4. The second-order valence-electron chi connectivity index (χ2n) is 5.72. The van der Waals surface area contributed by atoms with E-state index in [0.29, 0.717) is 11.8 Å². The Bertz CT molecular complexity index is 482. The van der Waals surface area contributed by atoms with Crippen LogP contribution in [0.5, 0.6) is 0 Å². The van der Waals surface area contributed by atoms with Crippen LogP contribution >= 0.6 is 27.3 Å². The number of carboxylic acids is 1. The Hall–Kier alpha value is -0.390. The molecule has 2 aliphatic rings. The Labute approximate surface area is 125 Å². The highest BCUT2D eigenvalue weighted by Crippen LogP contribution is 2.48. The van der Waals surface area contributed by atoms with Gasteiger partial charge >= 0.3 is 5.97 Å². The van der Waals surface area contributed by atoms with E-state index in [-0.39, 0.29) is 12.0 Å². The Balaban J connectivity index is 1.67. The lowest BCUT2D eigenvalue weighted by molar-refractivity contribution is -0.144. The SMILES string of the molecule is Cc1sc(CNC2C3CCC(C3)C2C(=O)O)cc1Br. The average Bonchev–Trinajstić information content (AvgIpc) is 3.02. The van der Waals surface area contributed by atoms with Gasteiger partial charge in [0.2, 0.25) is 0 Å². The molecule has 1 aromatic heterocycles. The minimum absolute atomic E-state index is 0.164. The van der Waals surface area contributed by atoms with Gasteiger partial charge in [0.05, 0.1) is 5.92 Å². The Morgan fingerprint density at radius 2 is 2.26 bits per heavy atom. The third-order valence-corrected chi connectivity index (χ3v) is 6.76. The first-order valence-corrected chi connectivity index (χ1v) is 8.38. The molecule has 3 rings (SSSR count). The molecule has 0 saturated heterocycles. The van der Waals surface area contributed by atoms with Crippen molar-refractivity contribution in [3.63, 3.8) is 0 Å². The minimum atomic E-state index is -0.617. The number of carbonyl (C=O) groups is 1. The number of hydrogen-bond acceptors (Lipinski definition) is 3. The van der Waals surface area contributed by atoms with E-state index in [9.17, 15) is 9.90 Å². The van der Waals surface area contributed by atoms with Crippen molar-refractivity contribution in [3.05, 3.63) is 20.3 Å². The summed E-state index contributed by atoms with van der Waals surface area (Å²) in [4.78, 5) is 14.0. The summed E-state index contributed by atoms with van der Waals surface area (Å²) < 4.78 is 1.15. The quantitative estimate of drug-likeness (QED) is 0.880. The van der Waals surface area contributed by atoms with E-state index in [0.717, 1.165) is 23.9 Å². The zero-order valence-electron chi connectivity index (χ0n) is 10.9. The van der Waals surface area contributed by atoms with Gasteiger partial charge in [0.1, 0.15) is 0 Å². The molecule has 0 amide bonds. The Morgan fingerprint density at radius 1 is 1.53 bits per heavy atom. The first-order chi connectivity index (χ1) is 9.06. The van der Waals surface area contributed by atoms with Crippen molar-refractivity contribution in [1.29, 1.82) is 0 Å². The summed E-state index contributed by atoms with van der Waals surface area (Å²) >= 11 is 5.30. The summed E-state index contributed by atoms with van der Waals surface area (Å²) in [6, 6.07) is 2.30. The van der Waals surface area contributed by atoms with E-state index in [1.54, 1.807) is 11.3 Å². The number of aliphatic carboxylic acids is 1. The molecule has 2 fully saturated rings. The smallest absolute Gasteiger partial charge is 0.308 e. The topological polar surface area (TPSA) is 49.3 Å². The van der Waals surface area contributed by atoms with Crippen LogP contribution in [-0.4, -0.2) is 17.1 Å². The van der Waals surface area contributed by atoms with Crippen molar-refractivity contribution < 1.29 is 9.90 Å². The van der Waals surface area contributed by atoms with Gasteiger partial charge in [-0.25, -0.2) is 0 Å². The van der Waals surface area contributed by atoms with E-state index in [1.165, 1.54) is 16.2 Å². The maximum Gasteiger partial charge on any atom is 0.308 e. The molecule has 104 valence electrons. The number of aryl methyl sites for hydroxylation is 1. The fourth-order valence-corrected chi connectivity index (χ4v) is 5.32. The molecule has 0 aliphatic heterocycles. The third kappa shape index (κ3) is 2.48. The Kier molecular flexibility index (Phi) is 3.71. The molecule has 2 aliphatic carbocycles. The van der Waals surface area contributed by atoms with E-state index >= 15 is 0 Å². The molecule has 5 heteroatoms. The van der Waals surface area contributed by atoms with Gasteiger partial charge in [0.15, 0.2) is 0 Å². The summed E-state index contributed by atoms with van der Waals surface area (Å²) in [5.74, 6) is 0.170. The molecule has 0 aromatic carbocycles. The summed E-state index contributed by atoms with van der Waals surface area (Å²) in [7, 11) is 0. The highest BCUT2D eigenvalue weighted by atomic mass is 79.9. The molecular formula is C14H18BrNO2S. The second kappa shape index (κ2) is 5.19. The Morgan fingerprint density at radius 3 is 2.89 bits per heavy atom. The fraction of sp³-hybridized carbons (Fsp3) is 0.643. The van der Waals surface area contributed by atoms with Crippen LogP contribution < -0.4 is 5.32 Å². The van der Waals surface area contributed by atoms with Crippen molar-refractivity contribution in [2.24, 2.45) is 17.8 Å². The van der Waals surface area contributed by atoms with Gasteiger partial charge in [-0.2, -0.15) is 0 Å². The monoisotopic (exact) mass is 343 g/mol. The fourth-order valence-electron chi connectivity index (χ4n) is 3.76. The zero-order valence-corrected chi connectivity index (χ0v) is 13.3. The van der Waals surface area contributed by atoms with Gasteiger partial charge in [-0.1, -0.05) is 0 Å². The molecule has 2 saturated carbocycles. The summed E-state index contributed by atoms with van der Waals surface area (Å²) in [6.07, 6.45) is 3.39. The van der Waals surface area contributed by atoms with Crippen LogP contribution in [0.15, 0.2) is 10.5 Å². The van der Waals surface area contributed by atoms with E-state index in [1.807, 2.05) is 0 Å². The minimum Gasteiger partial charge on any atom is -0.481 e. The molecule has 19 heavy (non-hydrogen) atoms. The largest absolute Gasteiger partial charge is 0.481 e. The average molecular weight is 344 g/mol. The standard InChI is InChI=1S/C14H18BrNO2S/c1-7-11(15)5-10(19-7)6-16-13-9-3-2-8(4-9)12(13)14(17)18/h5,8-9,12-13,16H,2-4,6H2,1H3,(H,17,18). The van der Waals surface area contributed by atoms with Gasteiger partial charge in [-0.15, -0.1) is 11.3 Å². The van der Waals surface area contributed by atoms with Crippen molar-refractivity contribution in [2.75, 3.05) is 0 Å². The van der Waals surface area contributed by atoms with E-state index in [2.05, 4.69) is 34.2 Å². The molecule has 2 bridgehead atoms. The first kappa shape index (κ1) is 13.6. The lowest BCUT2D eigenvalue weighted by Gasteiger charge is -2.28. The first-order valence-electron chi connectivity index (χ1n) is 6.77. The predicted molar refractivity (Wildman–Crippen MR) is 79.3 cm³/mol. The van der Waals surface area contributed by atoms with Gasteiger partial charge in [-0.3, -0.25) is 4.79 Å².